The van der Waals surface area contributed by atoms with Crippen molar-refractivity contribution < 1.29 is 52.1 Å². The Hall–Kier alpha value is -4.34. The third-order valence-corrected chi connectivity index (χ3v) is 11.0. The minimum atomic E-state index is -0.968. The third kappa shape index (κ3) is 10.7. The molecule has 60 heavy (non-hydrogen) atoms. The molecule has 0 amide bonds. The van der Waals surface area contributed by atoms with Gasteiger partial charge in [0.2, 0.25) is 0 Å². The van der Waals surface area contributed by atoms with Crippen LogP contribution in [0.3, 0.4) is 0 Å². The zero-order chi connectivity index (χ0) is 40.9. The average Bonchev–Trinajstić information content (AvgIpc) is 3.76. The smallest absolute Gasteiger partial charge is 0.187 e. The minimum absolute atomic E-state index is 0.232. The molecule has 0 N–H and O–H groups in total. The summed E-state index contributed by atoms with van der Waals surface area (Å²) in [6.45, 7) is 1.83. The Morgan fingerprint density at radius 1 is 0.367 bits per heavy atom. The van der Waals surface area contributed by atoms with E-state index in [1.165, 1.54) is 0 Å². The van der Waals surface area contributed by atoms with Crippen LogP contribution < -0.4 is 0 Å². The molecule has 11 nitrogen and oxygen atoms in total. The van der Waals surface area contributed by atoms with Gasteiger partial charge in [-0.2, -0.15) is 0 Å². The molecule has 0 radical (unpaired) electrons. The normalized spacial score (nSPS) is 28.9. The van der Waals surface area contributed by atoms with E-state index in [0.29, 0.717) is 26.4 Å². The highest BCUT2D eigenvalue weighted by Crippen LogP contribution is 2.41. The molecule has 316 valence electrons. The quantitative estimate of drug-likeness (QED) is 0.0834. The number of hydrogen-bond acceptors (Lipinski definition) is 11. The maximum absolute atomic E-state index is 6.96. The van der Waals surface area contributed by atoms with Crippen molar-refractivity contribution in [2.24, 2.45) is 0 Å². The predicted octanol–water partition coefficient (Wildman–Crippen LogP) is 7.40. The van der Waals surface area contributed by atoms with E-state index >= 15 is 0 Å². The first-order valence-corrected chi connectivity index (χ1v) is 20.6. The molecule has 0 bridgehead atoms. The van der Waals surface area contributed by atoms with Crippen LogP contribution in [0.25, 0.3) is 0 Å². The molecule has 3 heterocycles. The second kappa shape index (κ2) is 21.4. The summed E-state index contributed by atoms with van der Waals surface area (Å²) in [5.41, 5.74) is 5.04. The van der Waals surface area contributed by atoms with E-state index in [-0.39, 0.29) is 13.2 Å². The fourth-order valence-corrected chi connectivity index (χ4v) is 7.93. The largest absolute Gasteiger partial charge is 0.374 e. The van der Waals surface area contributed by atoms with Gasteiger partial charge in [-0.3, -0.25) is 0 Å². The highest BCUT2D eigenvalue weighted by molar-refractivity contribution is 5.17. The van der Waals surface area contributed by atoms with Crippen LogP contribution >= 0.6 is 0 Å². The van der Waals surface area contributed by atoms with Crippen LogP contribution in [0.15, 0.2) is 152 Å². The van der Waals surface area contributed by atoms with Gasteiger partial charge in [-0.1, -0.05) is 152 Å². The van der Waals surface area contributed by atoms with Gasteiger partial charge in [-0.25, -0.2) is 0 Å². The SMILES string of the molecule is CO[C@H]1O[C@H](C2O[C@@H]3[C@@H](O2)[C@@H](OC)O[C@H](COCc2ccccc2)[C@H]3OCc2ccccc2)[C@@H](OCc2ccccc2)[C@H](OCc2ccccc2)[C@H]1OCc1ccccc1. The molecule has 3 saturated heterocycles. The Morgan fingerprint density at radius 2 is 0.767 bits per heavy atom. The van der Waals surface area contributed by atoms with Crippen LogP contribution in [0.4, 0.5) is 0 Å². The zero-order valence-corrected chi connectivity index (χ0v) is 34.0. The predicted molar refractivity (Wildman–Crippen MR) is 221 cm³/mol. The van der Waals surface area contributed by atoms with Gasteiger partial charge in [-0.15, -0.1) is 0 Å². The molecule has 5 aromatic carbocycles. The number of rotatable bonds is 19. The molecule has 0 aromatic heterocycles. The molecule has 1 unspecified atom stereocenters. The van der Waals surface area contributed by atoms with Gasteiger partial charge in [0.05, 0.1) is 39.6 Å². The lowest BCUT2D eigenvalue weighted by molar-refractivity contribution is -0.346. The molecule has 0 aliphatic carbocycles. The molecule has 0 saturated carbocycles. The van der Waals surface area contributed by atoms with Crippen molar-refractivity contribution in [2.75, 3.05) is 20.8 Å². The number of fused-ring (bicyclic) bond motifs is 1. The first-order valence-electron chi connectivity index (χ1n) is 20.6. The summed E-state index contributed by atoms with van der Waals surface area (Å²) in [5.74, 6) is 0. The van der Waals surface area contributed by atoms with Crippen LogP contribution in [0.2, 0.25) is 0 Å². The Kier molecular flexibility index (Phi) is 15.1. The van der Waals surface area contributed by atoms with Crippen LogP contribution in [-0.4, -0.2) is 88.5 Å². The van der Waals surface area contributed by atoms with Crippen molar-refractivity contribution in [2.45, 2.75) is 101 Å². The van der Waals surface area contributed by atoms with E-state index in [0.717, 1.165) is 27.8 Å². The maximum atomic E-state index is 6.96. The Labute approximate surface area is 352 Å². The number of methoxy groups -OCH3 is 2. The van der Waals surface area contributed by atoms with E-state index < -0.39 is 67.7 Å². The molecular formula is C49H54O11. The van der Waals surface area contributed by atoms with Gasteiger partial charge < -0.3 is 52.1 Å². The molecule has 5 aromatic rings. The first-order chi connectivity index (χ1) is 29.7. The first kappa shape index (κ1) is 42.4. The van der Waals surface area contributed by atoms with Gasteiger partial charge in [-0.05, 0) is 27.8 Å². The van der Waals surface area contributed by atoms with Gasteiger partial charge in [0, 0.05) is 14.2 Å². The highest BCUT2D eigenvalue weighted by atomic mass is 16.8. The monoisotopic (exact) mass is 818 g/mol. The lowest BCUT2D eigenvalue weighted by Gasteiger charge is -2.46. The van der Waals surface area contributed by atoms with Crippen LogP contribution in [0.1, 0.15) is 27.8 Å². The Balaban J connectivity index is 1.09. The molecule has 3 fully saturated rings. The van der Waals surface area contributed by atoms with Gasteiger partial charge in [0.1, 0.15) is 48.8 Å². The molecule has 11 atom stereocenters. The second-order valence-electron chi connectivity index (χ2n) is 15.1. The summed E-state index contributed by atoms with van der Waals surface area (Å²) in [6.07, 6.45) is -8.05. The summed E-state index contributed by atoms with van der Waals surface area (Å²) in [5, 5.41) is 0. The van der Waals surface area contributed by atoms with Crippen molar-refractivity contribution in [3.05, 3.63) is 179 Å². The lowest BCUT2D eigenvalue weighted by Crippen LogP contribution is -2.63. The van der Waals surface area contributed by atoms with E-state index in [1.54, 1.807) is 14.2 Å². The number of ether oxygens (including phenoxy) is 11. The van der Waals surface area contributed by atoms with Crippen molar-refractivity contribution in [3.8, 4) is 0 Å². The highest BCUT2D eigenvalue weighted by Gasteiger charge is 2.59. The molecule has 3 aliphatic heterocycles. The molecule has 3 aliphatic rings. The zero-order valence-electron chi connectivity index (χ0n) is 34.0. The van der Waals surface area contributed by atoms with E-state index in [2.05, 4.69) is 0 Å². The summed E-state index contributed by atoms with van der Waals surface area (Å²) in [6, 6.07) is 50.0. The van der Waals surface area contributed by atoms with E-state index in [9.17, 15) is 0 Å². The fourth-order valence-electron chi connectivity index (χ4n) is 7.93. The topological polar surface area (TPSA) is 102 Å². The average molecular weight is 819 g/mol. The number of benzene rings is 5. The summed E-state index contributed by atoms with van der Waals surface area (Å²) < 4.78 is 72.5. The molecular weight excluding hydrogens is 765 g/mol. The van der Waals surface area contributed by atoms with E-state index in [1.807, 2.05) is 152 Å². The van der Waals surface area contributed by atoms with Crippen molar-refractivity contribution in [3.63, 3.8) is 0 Å². The second-order valence-corrected chi connectivity index (χ2v) is 15.1. The van der Waals surface area contributed by atoms with Crippen LogP contribution in [-0.2, 0) is 85.1 Å². The van der Waals surface area contributed by atoms with Gasteiger partial charge >= 0.3 is 0 Å². The van der Waals surface area contributed by atoms with Crippen LogP contribution in [0, 0.1) is 0 Å². The summed E-state index contributed by atoms with van der Waals surface area (Å²) in [4.78, 5) is 0. The van der Waals surface area contributed by atoms with E-state index in [4.69, 9.17) is 52.1 Å². The Bertz CT molecular complexity index is 1960. The van der Waals surface area contributed by atoms with Crippen molar-refractivity contribution in [1.82, 2.24) is 0 Å². The third-order valence-electron chi connectivity index (χ3n) is 11.0. The van der Waals surface area contributed by atoms with Gasteiger partial charge in [0.15, 0.2) is 18.9 Å². The molecule has 11 heteroatoms. The number of hydrogen-bond donors (Lipinski definition) is 0. The maximum Gasteiger partial charge on any atom is 0.187 e. The van der Waals surface area contributed by atoms with Crippen LogP contribution in [0.5, 0.6) is 0 Å². The lowest BCUT2D eigenvalue weighted by atomic mass is 9.97. The minimum Gasteiger partial charge on any atom is -0.374 e. The van der Waals surface area contributed by atoms with Crippen molar-refractivity contribution in [1.29, 1.82) is 0 Å². The van der Waals surface area contributed by atoms with Gasteiger partial charge in [0.25, 0.3) is 0 Å². The fraction of sp³-hybridized carbons (Fsp3) is 0.388. The Morgan fingerprint density at radius 3 is 1.23 bits per heavy atom. The summed E-state index contributed by atoms with van der Waals surface area (Å²) in [7, 11) is 3.19. The molecule has 8 rings (SSSR count). The van der Waals surface area contributed by atoms with Crippen molar-refractivity contribution >= 4 is 0 Å². The molecule has 0 spiro atoms. The standard InChI is InChI=1S/C49H54O11/c1-50-47-44(56-32-38-26-16-7-17-27-38)41(54-30-36-22-12-5-13-23-36)42(55-31-37-24-14-6-15-25-37)45(59-47)49-58-43-40(53-29-35-20-10-4-11-21-35)39(57-48(51-2)46(43)60-49)33-52-28-34-18-8-3-9-19-34/h3-27,39-49H,28-33H2,1-2H3/t39-,40-,41+,42+,43+,44-,45+,46-,47+,48+,49?/m1/s1. The summed E-state index contributed by atoms with van der Waals surface area (Å²) >= 11 is 0.